The fourth-order valence-corrected chi connectivity index (χ4v) is 2.45. The van der Waals surface area contributed by atoms with Crippen LogP contribution in [0.1, 0.15) is 11.3 Å². The lowest BCUT2D eigenvalue weighted by Gasteiger charge is -2.10. The minimum absolute atomic E-state index is 0.246. The highest BCUT2D eigenvalue weighted by Crippen LogP contribution is 2.31. The number of benzene rings is 1. The van der Waals surface area contributed by atoms with Crippen molar-refractivity contribution in [2.24, 2.45) is 0 Å². The molecule has 0 aliphatic carbocycles. The third-order valence-electron chi connectivity index (χ3n) is 3.20. The second-order valence-electron chi connectivity index (χ2n) is 4.65. The van der Waals surface area contributed by atoms with Crippen LogP contribution in [0.15, 0.2) is 24.4 Å². The highest BCUT2D eigenvalue weighted by atomic mass is 19.4. The van der Waals surface area contributed by atoms with Crippen molar-refractivity contribution >= 4 is 21.8 Å². The summed E-state index contributed by atoms with van der Waals surface area (Å²) in [5.74, 6) is -0.246. The minimum atomic E-state index is -4.70. The van der Waals surface area contributed by atoms with Crippen LogP contribution >= 0.6 is 0 Å². The van der Waals surface area contributed by atoms with Crippen LogP contribution < -0.4 is 4.74 Å². The number of halogens is 3. The van der Waals surface area contributed by atoms with Gasteiger partial charge in [0.1, 0.15) is 5.75 Å². The lowest BCUT2D eigenvalue weighted by Crippen LogP contribution is -2.17. The molecule has 0 bridgehead atoms. The summed E-state index contributed by atoms with van der Waals surface area (Å²) in [7, 11) is 0. The second kappa shape index (κ2) is 4.13. The molecule has 1 aromatic carbocycles. The molecule has 0 atom stereocenters. The Bertz CT molecular complexity index is 805. The van der Waals surface area contributed by atoms with E-state index < -0.39 is 6.36 Å². The quantitative estimate of drug-likeness (QED) is 0.724. The van der Waals surface area contributed by atoms with Gasteiger partial charge >= 0.3 is 6.36 Å². The highest BCUT2D eigenvalue weighted by molar-refractivity contribution is 6.06. The van der Waals surface area contributed by atoms with Crippen molar-refractivity contribution in [1.82, 2.24) is 9.97 Å². The summed E-state index contributed by atoms with van der Waals surface area (Å²) in [6, 6.07) is 4.15. The first-order chi connectivity index (χ1) is 9.35. The normalized spacial score (nSPS) is 12.2. The largest absolute Gasteiger partial charge is 0.573 e. The monoisotopic (exact) mass is 280 g/mol. The molecule has 0 unspecified atom stereocenters. The molecule has 0 fully saturated rings. The van der Waals surface area contributed by atoms with Gasteiger partial charge in [-0.15, -0.1) is 13.2 Å². The topological polar surface area (TPSA) is 37.9 Å². The van der Waals surface area contributed by atoms with E-state index in [0.717, 1.165) is 22.2 Å². The average Bonchev–Trinajstić information content (AvgIpc) is 2.71. The van der Waals surface area contributed by atoms with Gasteiger partial charge in [0.05, 0.1) is 11.0 Å². The van der Waals surface area contributed by atoms with Crippen LogP contribution in [0.2, 0.25) is 0 Å². The van der Waals surface area contributed by atoms with Crippen molar-refractivity contribution in [1.29, 1.82) is 0 Å². The molecule has 3 rings (SSSR count). The van der Waals surface area contributed by atoms with Gasteiger partial charge in [-0.1, -0.05) is 0 Å². The Kier molecular flexibility index (Phi) is 2.64. The zero-order valence-corrected chi connectivity index (χ0v) is 10.8. The zero-order chi connectivity index (χ0) is 14.5. The van der Waals surface area contributed by atoms with Crippen LogP contribution in [0.25, 0.3) is 21.8 Å². The van der Waals surface area contributed by atoms with E-state index >= 15 is 0 Å². The van der Waals surface area contributed by atoms with Crippen LogP contribution in [0.4, 0.5) is 13.2 Å². The molecule has 0 radical (unpaired) electrons. The van der Waals surface area contributed by atoms with Gasteiger partial charge in [0.15, 0.2) is 0 Å². The Morgan fingerprint density at radius 1 is 1.20 bits per heavy atom. The number of hydrogen-bond acceptors (Lipinski definition) is 2. The van der Waals surface area contributed by atoms with E-state index in [2.05, 4.69) is 14.7 Å². The Balaban J connectivity index is 2.27. The van der Waals surface area contributed by atoms with E-state index in [1.165, 1.54) is 18.2 Å². The Morgan fingerprint density at radius 3 is 2.65 bits per heavy atom. The summed E-state index contributed by atoms with van der Waals surface area (Å²) in [4.78, 5) is 7.50. The van der Waals surface area contributed by atoms with Crippen LogP contribution in [-0.2, 0) is 0 Å². The molecule has 2 aromatic heterocycles. The molecule has 1 N–H and O–H groups in total. The molecule has 0 saturated carbocycles. The standard InChI is InChI=1S/C14H11F3N2O/c1-7-6-18-13-10-5-9(20-14(15,16)17)3-4-11(10)19-8(2)12(7)13/h3-6,18H,1-2H3. The number of H-pyrrole nitrogens is 1. The minimum Gasteiger partial charge on any atom is -0.406 e. The second-order valence-corrected chi connectivity index (χ2v) is 4.65. The third-order valence-corrected chi connectivity index (χ3v) is 3.20. The van der Waals surface area contributed by atoms with Gasteiger partial charge in [0, 0.05) is 22.7 Å². The molecule has 0 aliphatic rings. The van der Waals surface area contributed by atoms with E-state index in [1.54, 1.807) is 0 Å². The molecular weight excluding hydrogens is 269 g/mol. The van der Waals surface area contributed by atoms with Crippen LogP contribution in [-0.4, -0.2) is 16.3 Å². The van der Waals surface area contributed by atoms with Crippen molar-refractivity contribution < 1.29 is 17.9 Å². The molecule has 20 heavy (non-hydrogen) atoms. The molecule has 0 spiro atoms. The first-order valence-electron chi connectivity index (χ1n) is 5.99. The van der Waals surface area contributed by atoms with Crippen molar-refractivity contribution in [3.63, 3.8) is 0 Å². The van der Waals surface area contributed by atoms with Gasteiger partial charge in [0.25, 0.3) is 0 Å². The van der Waals surface area contributed by atoms with E-state index in [4.69, 9.17) is 0 Å². The fourth-order valence-electron chi connectivity index (χ4n) is 2.45. The first-order valence-corrected chi connectivity index (χ1v) is 5.99. The number of nitrogens with one attached hydrogen (secondary N) is 1. The molecule has 0 aliphatic heterocycles. The SMILES string of the molecule is Cc1c[nH]c2c1c(C)nc1ccc(OC(F)(F)F)cc12. The summed E-state index contributed by atoms with van der Waals surface area (Å²) in [5.41, 5.74) is 3.26. The Morgan fingerprint density at radius 2 is 1.95 bits per heavy atom. The maximum Gasteiger partial charge on any atom is 0.573 e. The number of aryl methyl sites for hydroxylation is 2. The van der Waals surface area contributed by atoms with Crippen molar-refractivity contribution in [3.8, 4) is 5.75 Å². The maximum atomic E-state index is 12.3. The number of pyridine rings is 1. The molecular formula is C14H11F3N2O. The number of ether oxygens (including phenoxy) is 1. The molecule has 104 valence electrons. The number of rotatable bonds is 1. The molecule has 2 heterocycles. The summed E-state index contributed by atoms with van der Waals surface area (Å²) in [5, 5.41) is 1.54. The number of aromatic nitrogens is 2. The fraction of sp³-hybridized carbons (Fsp3) is 0.214. The molecule has 0 saturated heterocycles. The molecule has 0 amide bonds. The van der Waals surface area contributed by atoms with Gasteiger partial charge in [-0.3, -0.25) is 4.98 Å². The lowest BCUT2D eigenvalue weighted by molar-refractivity contribution is -0.274. The number of nitrogens with zero attached hydrogens (tertiary/aromatic N) is 1. The van der Waals surface area contributed by atoms with Crippen LogP contribution in [0, 0.1) is 13.8 Å². The molecule has 3 nitrogen and oxygen atoms in total. The van der Waals surface area contributed by atoms with E-state index in [9.17, 15) is 13.2 Å². The third kappa shape index (κ3) is 2.07. The number of alkyl halides is 3. The predicted octanol–water partition coefficient (Wildman–Crippen LogP) is 4.23. The van der Waals surface area contributed by atoms with Crippen molar-refractivity contribution in [2.45, 2.75) is 20.2 Å². The van der Waals surface area contributed by atoms with Gasteiger partial charge < -0.3 is 9.72 Å². The zero-order valence-electron chi connectivity index (χ0n) is 10.8. The summed E-state index contributed by atoms with van der Waals surface area (Å²) < 4.78 is 40.8. The summed E-state index contributed by atoms with van der Waals surface area (Å²) in [6.07, 6.45) is -2.88. The number of fused-ring (bicyclic) bond motifs is 3. The van der Waals surface area contributed by atoms with E-state index in [-0.39, 0.29) is 5.75 Å². The van der Waals surface area contributed by atoms with E-state index in [1.807, 2.05) is 20.0 Å². The Hall–Kier alpha value is -2.24. The smallest absolute Gasteiger partial charge is 0.406 e. The van der Waals surface area contributed by atoms with Gasteiger partial charge in [-0.25, -0.2) is 0 Å². The number of hydrogen-bond donors (Lipinski definition) is 1. The summed E-state index contributed by atoms with van der Waals surface area (Å²) >= 11 is 0. The van der Waals surface area contributed by atoms with E-state index in [0.29, 0.717) is 10.9 Å². The molecule has 6 heteroatoms. The van der Waals surface area contributed by atoms with Gasteiger partial charge in [0.2, 0.25) is 0 Å². The van der Waals surface area contributed by atoms with Crippen molar-refractivity contribution in [2.75, 3.05) is 0 Å². The molecule has 3 aromatic rings. The summed E-state index contributed by atoms with van der Waals surface area (Å²) in [6.45, 7) is 3.80. The average molecular weight is 280 g/mol. The van der Waals surface area contributed by atoms with Crippen LogP contribution in [0.3, 0.4) is 0 Å². The number of aromatic amines is 1. The highest BCUT2D eigenvalue weighted by Gasteiger charge is 2.31. The van der Waals surface area contributed by atoms with Crippen LogP contribution in [0.5, 0.6) is 5.75 Å². The van der Waals surface area contributed by atoms with Gasteiger partial charge in [-0.05, 0) is 37.6 Å². The Labute approximate surface area is 112 Å². The maximum absolute atomic E-state index is 12.3. The predicted molar refractivity (Wildman–Crippen MR) is 69.8 cm³/mol. The van der Waals surface area contributed by atoms with Crippen molar-refractivity contribution in [3.05, 3.63) is 35.7 Å². The van der Waals surface area contributed by atoms with Gasteiger partial charge in [-0.2, -0.15) is 0 Å². The lowest BCUT2D eigenvalue weighted by atomic mass is 10.1. The first kappa shape index (κ1) is 12.8.